The summed E-state index contributed by atoms with van der Waals surface area (Å²) in [5.74, 6) is 0.868. The molecule has 0 fully saturated rings. The van der Waals surface area contributed by atoms with Gasteiger partial charge in [-0.1, -0.05) is 59.1 Å². The van der Waals surface area contributed by atoms with Crippen molar-refractivity contribution >= 4 is 46.5 Å². The molecule has 0 saturated carbocycles. The van der Waals surface area contributed by atoms with E-state index < -0.39 is 0 Å². The number of benzene rings is 3. The van der Waals surface area contributed by atoms with Crippen LogP contribution in [0.4, 0.5) is 5.82 Å². The van der Waals surface area contributed by atoms with E-state index in [1.165, 1.54) is 0 Å². The van der Waals surface area contributed by atoms with Gasteiger partial charge in [-0.25, -0.2) is 0 Å². The smallest absolute Gasteiger partial charge is 0.256 e. The molecule has 174 valence electrons. The number of hydrogen-bond acceptors (Lipinski definition) is 3. The van der Waals surface area contributed by atoms with Crippen LogP contribution >= 0.6 is 34.8 Å². The molecule has 4 aromatic rings. The molecule has 34 heavy (non-hydrogen) atoms. The van der Waals surface area contributed by atoms with Crippen molar-refractivity contribution < 1.29 is 9.53 Å². The highest BCUT2D eigenvalue weighted by Gasteiger charge is 2.11. The van der Waals surface area contributed by atoms with Gasteiger partial charge in [-0.15, -0.1) is 0 Å². The maximum atomic E-state index is 12.7. The van der Waals surface area contributed by atoms with Crippen LogP contribution in [-0.4, -0.2) is 15.7 Å². The lowest BCUT2D eigenvalue weighted by Crippen LogP contribution is -2.13. The first-order chi connectivity index (χ1) is 16.3. The molecule has 1 amide bonds. The number of aryl methyl sites for hydroxylation is 2. The minimum Gasteiger partial charge on any atom is -0.487 e. The van der Waals surface area contributed by atoms with E-state index in [-0.39, 0.29) is 5.91 Å². The minimum atomic E-state index is -0.242. The Morgan fingerprint density at radius 3 is 2.32 bits per heavy atom. The fraction of sp³-hybridized carbons (Fsp3) is 0.154. The van der Waals surface area contributed by atoms with Gasteiger partial charge in [-0.05, 0) is 66.9 Å². The largest absolute Gasteiger partial charge is 0.487 e. The molecule has 0 saturated heterocycles. The van der Waals surface area contributed by atoms with E-state index in [0.29, 0.717) is 45.4 Å². The summed E-state index contributed by atoms with van der Waals surface area (Å²) < 4.78 is 7.62. The van der Waals surface area contributed by atoms with Crippen molar-refractivity contribution in [2.45, 2.75) is 27.0 Å². The van der Waals surface area contributed by atoms with Crippen LogP contribution < -0.4 is 10.1 Å². The highest BCUT2D eigenvalue weighted by molar-refractivity contribution is 6.42. The number of nitrogens with zero attached hydrogens (tertiary/aromatic N) is 2. The normalized spacial score (nSPS) is 10.9. The van der Waals surface area contributed by atoms with Crippen molar-refractivity contribution in [2.75, 3.05) is 5.32 Å². The first-order valence-electron chi connectivity index (χ1n) is 10.6. The number of ether oxygens (including phenoxy) is 1. The van der Waals surface area contributed by atoms with E-state index in [1.807, 2.05) is 56.3 Å². The summed E-state index contributed by atoms with van der Waals surface area (Å²) in [6.07, 6.45) is 0. The number of halogens is 3. The average molecular weight is 515 g/mol. The van der Waals surface area contributed by atoms with E-state index in [2.05, 4.69) is 10.4 Å². The van der Waals surface area contributed by atoms with Crippen LogP contribution in [0.3, 0.4) is 0 Å². The summed E-state index contributed by atoms with van der Waals surface area (Å²) in [4.78, 5) is 12.7. The molecule has 8 heteroatoms. The Bertz CT molecular complexity index is 1330. The number of nitrogens with one attached hydrogen (secondary N) is 1. The van der Waals surface area contributed by atoms with Gasteiger partial charge >= 0.3 is 0 Å². The zero-order valence-electron chi connectivity index (χ0n) is 18.6. The number of hydrogen-bond donors (Lipinski definition) is 1. The third-order valence-electron chi connectivity index (χ3n) is 5.24. The molecule has 1 aromatic heterocycles. The van der Waals surface area contributed by atoms with Gasteiger partial charge in [-0.2, -0.15) is 5.10 Å². The monoisotopic (exact) mass is 513 g/mol. The van der Waals surface area contributed by atoms with Crippen molar-refractivity contribution in [1.82, 2.24) is 9.78 Å². The molecule has 0 atom stereocenters. The third-order valence-corrected chi connectivity index (χ3v) is 6.29. The summed E-state index contributed by atoms with van der Waals surface area (Å²) in [7, 11) is 0. The summed E-state index contributed by atoms with van der Waals surface area (Å²) in [6.45, 7) is 4.77. The third kappa shape index (κ3) is 5.92. The molecule has 1 heterocycles. The van der Waals surface area contributed by atoms with Crippen molar-refractivity contribution in [3.8, 4) is 5.75 Å². The lowest BCUT2D eigenvalue weighted by Gasteiger charge is -2.09. The van der Waals surface area contributed by atoms with Crippen LogP contribution in [0.15, 0.2) is 66.7 Å². The zero-order valence-corrected chi connectivity index (χ0v) is 20.9. The van der Waals surface area contributed by atoms with E-state index in [4.69, 9.17) is 39.5 Å². The quantitative estimate of drug-likeness (QED) is 0.281. The zero-order chi connectivity index (χ0) is 24.2. The molecule has 4 rings (SSSR count). The van der Waals surface area contributed by atoms with E-state index in [9.17, 15) is 4.79 Å². The molecule has 0 aliphatic heterocycles. The Kier molecular flexibility index (Phi) is 7.47. The van der Waals surface area contributed by atoms with E-state index in [1.54, 1.807) is 28.9 Å². The molecule has 1 N–H and O–H groups in total. The van der Waals surface area contributed by atoms with Crippen LogP contribution in [0.2, 0.25) is 15.1 Å². The molecule has 0 aliphatic rings. The summed E-state index contributed by atoms with van der Waals surface area (Å²) in [5.41, 5.74) is 4.39. The van der Waals surface area contributed by atoms with Gasteiger partial charge in [0.2, 0.25) is 0 Å². The van der Waals surface area contributed by atoms with Crippen LogP contribution in [0.25, 0.3) is 0 Å². The molecule has 5 nitrogen and oxygen atoms in total. The Morgan fingerprint density at radius 1 is 0.882 bits per heavy atom. The summed E-state index contributed by atoms with van der Waals surface area (Å²) in [6, 6.07) is 20.1. The van der Waals surface area contributed by atoms with Gasteiger partial charge < -0.3 is 10.1 Å². The fourth-order valence-electron chi connectivity index (χ4n) is 3.37. The van der Waals surface area contributed by atoms with E-state index >= 15 is 0 Å². The average Bonchev–Trinajstić information content (AvgIpc) is 3.15. The van der Waals surface area contributed by atoms with Gasteiger partial charge in [-0.3, -0.25) is 9.48 Å². The SMILES string of the molecule is Cc1ccc(Cl)c(OCc2ccc(C(=O)Nc3cc(C)n(Cc4ccc(Cl)c(Cl)c4)n3)cc2)c1. The lowest BCUT2D eigenvalue weighted by atomic mass is 10.1. The topological polar surface area (TPSA) is 56.1 Å². The van der Waals surface area contributed by atoms with Gasteiger partial charge in [0.05, 0.1) is 21.6 Å². The molecule has 0 spiro atoms. The molecular formula is C26H22Cl3N3O2. The van der Waals surface area contributed by atoms with Crippen LogP contribution in [0.1, 0.15) is 32.7 Å². The Morgan fingerprint density at radius 2 is 1.59 bits per heavy atom. The first-order valence-corrected chi connectivity index (χ1v) is 11.7. The predicted molar refractivity (Wildman–Crippen MR) is 137 cm³/mol. The second kappa shape index (κ2) is 10.5. The van der Waals surface area contributed by atoms with Crippen LogP contribution in [0, 0.1) is 13.8 Å². The standard InChI is InChI=1S/C26H22Cl3N3O2/c1-16-3-9-22(28)24(11-16)34-15-18-4-7-20(8-5-18)26(33)30-25-12-17(2)32(31-25)14-19-6-10-21(27)23(29)13-19/h3-13H,14-15H2,1-2H3,(H,30,31,33). The number of anilines is 1. The van der Waals surface area contributed by atoms with Crippen LogP contribution in [0.5, 0.6) is 5.75 Å². The Balaban J connectivity index is 1.37. The lowest BCUT2D eigenvalue weighted by molar-refractivity contribution is 0.102. The second-order valence-electron chi connectivity index (χ2n) is 7.95. The Hall–Kier alpha value is -2.99. The second-order valence-corrected chi connectivity index (χ2v) is 9.17. The van der Waals surface area contributed by atoms with Crippen LogP contribution in [-0.2, 0) is 13.2 Å². The Labute approximate surface area is 213 Å². The fourth-order valence-corrected chi connectivity index (χ4v) is 3.86. The van der Waals surface area contributed by atoms with Crippen molar-refractivity contribution in [2.24, 2.45) is 0 Å². The van der Waals surface area contributed by atoms with Crippen molar-refractivity contribution in [3.05, 3.63) is 110 Å². The molecule has 0 radical (unpaired) electrons. The maximum absolute atomic E-state index is 12.7. The highest BCUT2D eigenvalue weighted by atomic mass is 35.5. The number of carbonyl (C=O) groups excluding carboxylic acids is 1. The van der Waals surface area contributed by atoms with Gasteiger partial charge in [0.1, 0.15) is 12.4 Å². The minimum absolute atomic E-state index is 0.242. The van der Waals surface area contributed by atoms with Crippen molar-refractivity contribution in [1.29, 1.82) is 0 Å². The van der Waals surface area contributed by atoms with Gasteiger partial charge in [0.15, 0.2) is 5.82 Å². The maximum Gasteiger partial charge on any atom is 0.256 e. The van der Waals surface area contributed by atoms with E-state index in [0.717, 1.165) is 22.4 Å². The molecule has 0 aliphatic carbocycles. The number of amides is 1. The number of carbonyl (C=O) groups is 1. The predicted octanol–water partition coefficient (Wildman–Crippen LogP) is 7.34. The number of aromatic nitrogens is 2. The highest BCUT2D eigenvalue weighted by Crippen LogP contribution is 2.26. The summed E-state index contributed by atoms with van der Waals surface area (Å²) >= 11 is 18.3. The number of rotatable bonds is 7. The summed E-state index contributed by atoms with van der Waals surface area (Å²) in [5, 5.41) is 8.91. The van der Waals surface area contributed by atoms with Crippen molar-refractivity contribution in [3.63, 3.8) is 0 Å². The first kappa shape index (κ1) is 24.1. The molecule has 0 unspecified atom stereocenters. The molecule has 0 bridgehead atoms. The van der Waals surface area contributed by atoms with Gasteiger partial charge in [0, 0.05) is 17.3 Å². The molecule has 3 aromatic carbocycles. The molecular weight excluding hydrogens is 493 g/mol. The van der Waals surface area contributed by atoms with Gasteiger partial charge in [0.25, 0.3) is 5.91 Å².